The number of nitrogens with zero attached hydrogens (tertiary/aromatic N) is 2. The molecule has 1 aliphatic rings. The highest BCUT2D eigenvalue weighted by molar-refractivity contribution is 6.06. The van der Waals surface area contributed by atoms with Gasteiger partial charge in [0.25, 0.3) is 0 Å². The predicted octanol–water partition coefficient (Wildman–Crippen LogP) is 14.6. The minimum atomic E-state index is -0.122. The van der Waals surface area contributed by atoms with E-state index in [1.165, 1.54) is 71.4 Å². The van der Waals surface area contributed by atoms with Gasteiger partial charge in [0.2, 0.25) is 0 Å². The summed E-state index contributed by atoms with van der Waals surface area (Å²) in [6.07, 6.45) is 0. The Bertz CT molecular complexity index is 3190. The summed E-state index contributed by atoms with van der Waals surface area (Å²) in [6, 6.07) is 70.0. The first kappa shape index (κ1) is 33.2. The Morgan fingerprint density at radius 3 is 1.67 bits per heavy atom. The predicted molar refractivity (Wildman–Crippen MR) is 239 cm³/mol. The summed E-state index contributed by atoms with van der Waals surface area (Å²) in [6.45, 7) is 4.75. The summed E-state index contributed by atoms with van der Waals surface area (Å²) < 4.78 is 0. The lowest BCUT2D eigenvalue weighted by atomic mass is 9.78. The highest BCUT2D eigenvalue weighted by Gasteiger charge is 2.38. The first-order chi connectivity index (χ1) is 28.0. The summed E-state index contributed by atoms with van der Waals surface area (Å²) in [4.78, 5) is 10.5. The molecule has 0 N–H and O–H groups in total. The van der Waals surface area contributed by atoms with Crippen molar-refractivity contribution in [3.63, 3.8) is 0 Å². The molecular formula is C55H38N2. The van der Waals surface area contributed by atoms with Crippen LogP contribution < -0.4 is 0 Å². The number of rotatable bonds is 5. The molecule has 0 radical (unpaired) electrons. The van der Waals surface area contributed by atoms with Crippen LogP contribution in [0.1, 0.15) is 25.0 Å². The Hall–Kier alpha value is -7.16. The van der Waals surface area contributed by atoms with Gasteiger partial charge in [0, 0.05) is 22.1 Å². The van der Waals surface area contributed by atoms with Gasteiger partial charge in [-0.3, -0.25) is 0 Å². The fraction of sp³-hybridized carbons (Fsp3) is 0.0545. The third-order valence-corrected chi connectivity index (χ3v) is 12.1. The van der Waals surface area contributed by atoms with Crippen LogP contribution in [0.5, 0.6) is 0 Å². The van der Waals surface area contributed by atoms with E-state index in [2.05, 4.69) is 202 Å². The summed E-state index contributed by atoms with van der Waals surface area (Å²) >= 11 is 0. The number of hydrogen-bond acceptors (Lipinski definition) is 2. The molecule has 0 atom stereocenters. The smallest absolute Gasteiger partial charge is 0.161 e. The molecule has 0 aliphatic heterocycles. The summed E-state index contributed by atoms with van der Waals surface area (Å²) in [7, 11) is 0. The zero-order chi connectivity index (χ0) is 38.1. The Morgan fingerprint density at radius 1 is 0.351 bits per heavy atom. The van der Waals surface area contributed by atoms with E-state index in [0.29, 0.717) is 5.82 Å². The lowest BCUT2D eigenvalue weighted by Crippen LogP contribution is -2.16. The quantitative estimate of drug-likeness (QED) is 0.176. The molecule has 1 heterocycles. The van der Waals surface area contributed by atoms with Crippen molar-refractivity contribution in [2.24, 2.45) is 0 Å². The Kier molecular flexibility index (Phi) is 7.55. The van der Waals surface area contributed by atoms with Crippen molar-refractivity contribution >= 4 is 32.3 Å². The fourth-order valence-corrected chi connectivity index (χ4v) is 9.38. The fourth-order valence-electron chi connectivity index (χ4n) is 9.38. The van der Waals surface area contributed by atoms with Crippen molar-refractivity contribution in [2.45, 2.75) is 19.3 Å². The Morgan fingerprint density at radius 2 is 0.895 bits per heavy atom. The maximum Gasteiger partial charge on any atom is 0.161 e. The van der Waals surface area contributed by atoms with Crippen LogP contribution in [0.3, 0.4) is 0 Å². The first-order valence-electron chi connectivity index (χ1n) is 19.7. The first-order valence-corrected chi connectivity index (χ1v) is 19.7. The second-order valence-corrected chi connectivity index (χ2v) is 15.7. The normalized spacial score (nSPS) is 12.9. The number of benzene rings is 9. The van der Waals surface area contributed by atoms with E-state index in [-0.39, 0.29) is 5.41 Å². The molecule has 57 heavy (non-hydrogen) atoms. The standard InChI is InChI=1S/C55H38N2/c1-55(2)49-33-30-36-15-7-9-20-42(36)52(49)48-25-13-23-43(53(48)55)38-28-26-37(27-29-38)41-31-32-47(45-22-11-10-21-44(41)45)54-56-50(39-16-4-3-5-17-39)34-51(57-54)46-24-12-18-35-14-6-8-19-40(35)46/h3-34H,1-2H3. The maximum absolute atomic E-state index is 5.31. The van der Waals surface area contributed by atoms with Gasteiger partial charge in [-0.2, -0.15) is 0 Å². The van der Waals surface area contributed by atoms with Crippen molar-refractivity contribution in [3.8, 4) is 67.3 Å². The van der Waals surface area contributed by atoms with Crippen LogP contribution in [-0.4, -0.2) is 9.97 Å². The van der Waals surface area contributed by atoms with Gasteiger partial charge in [0.1, 0.15) is 0 Å². The summed E-state index contributed by atoms with van der Waals surface area (Å²) in [5.74, 6) is 0.715. The molecule has 9 aromatic carbocycles. The molecule has 0 spiro atoms. The van der Waals surface area contributed by atoms with Crippen LogP contribution >= 0.6 is 0 Å². The van der Waals surface area contributed by atoms with Gasteiger partial charge < -0.3 is 0 Å². The van der Waals surface area contributed by atoms with Crippen molar-refractivity contribution in [3.05, 3.63) is 205 Å². The van der Waals surface area contributed by atoms with Crippen LogP contribution in [0.25, 0.3) is 99.6 Å². The van der Waals surface area contributed by atoms with E-state index in [1.807, 2.05) is 6.07 Å². The van der Waals surface area contributed by atoms with Crippen LogP contribution in [-0.2, 0) is 5.41 Å². The molecule has 1 aliphatic carbocycles. The van der Waals surface area contributed by atoms with Crippen molar-refractivity contribution in [1.29, 1.82) is 0 Å². The largest absolute Gasteiger partial charge is 0.228 e. The van der Waals surface area contributed by atoms with Crippen LogP contribution in [0.4, 0.5) is 0 Å². The topological polar surface area (TPSA) is 25.8 Å². The van der Waals surface area contributed by atoms with Crippen LogP contribution in [0.15, 0.2) is 194 Å². The Labute approximate surface area is 332 Å². The van der Waals surface area contributed by atoms with E-state index in [4.69, 9.17) is 9.97 Å². The van der Waals surface area contributed by atoms with Gasteiger partial charge in [-0.1, -0.05) is 196 Å². The van der Waals surface area contributed by atoms with Crippen LogP contribution in [0.2, 0.25) is 0 Å². The molecule has 0 unspecified atom stereocenters. The van der Waals surface area contributed by atoms with Crippen molar-refractivity contribution in [1.82, 2.24) is 9.97 Å². The van der Waals surface area contributed by atoms with Gasteiger partial charge in [-0.15, -0.1) is 0 Å². The van der Waals surface area contributed by atoms with Crippen LogP contribution in [0, 0.1) is 0 Å². The second-order valence-electron chi connectivity index (χ2n) is 15.7. The molecule has 0 saturated heterocycles. The summed E-state index contributed by atoms with van der Waals surface area (Å²) in [5.41, 5.74) is 15.3. The maximum atomic E-state index is 5.31. The minimum Gasteiger partial charge on any atom is -0.228 e. The molecule has 0 fully saturated rings. The van der Waals surface area contributed by atoms with E-state index >= 15 is 0 Å². The average Bonchev–Trinajstić information content (AvgIpc) is 3.52. The van der Waals surface area contributed by atoms with E-state index in [1.54, 1.807) is 0 Å². The third kappa shape index (κ3) is 5.33. The van der Waals surface area contributed by atoms with E-state index in [9.17, 15) is 0 Å². The lowest BCUT2D eigenvalue weighted by Gasteiger charge is -2.24. The molecular weight excluding hydrogens is 689 g/mol. The average molecular weight is 727 g/mol. The monoisotopic (exact) mass is 726 g/mol. The highest BCUT2D eigenvalue weighted by Crippen LogP contribution is 2.54. The molecule has 10 aromatic rings. The molecule has 2 heteroatoms. The molecule has 268 valence electrons. The Balaban J connectivity index is 1.02. The van der Waals surface area contributed by atoms with Gasteiger partial charge in [-0.25, -0.2) is 9.97 Å². The third-order valence-electron chi connectivity index (χ3n) is 12.1. The summed E-state index contributed by atoms with van der Waals surface area (Å²) in [5, 5.41) is 7.28. The lowest BCUT2D eigenvalue weighted by molar-refractivity contribution is 0.662. The second kappa shape index (κ2) is 13.0. The van der Waals surface area contributed by atoms with E-state index in [0.717, 1.165) is 33.5 Å². The zero-order valence-electron chi connectivity index (χ0n) is 31.9. The molecule has 0 bridgehead atoms. The van der Waals surface area contributed by atoms with Gasteiger partial charge in [0.15, 0.2) is 5.82 Å². The van der Waals surface area contributed by atoms with E-state index < -0.39 is 0 Å². The zero-order valence-corrected chi connectivity index (χ0v) is 31.9. The minimum absolute atomic E-state index is 0.122. The molecule has 1 aromatic heterocycles. The SMILES string of the molecule is CC1(C)c2ccc3ccccc3c2-c2cccc(-c3ccc(-c4ccc(-c5nc(-c6ccccc6)cc(-c6cccc7ccccc67)n5)c5ccccc45)cc3)c21. The number of aromatic nitrogens is 2. The molecule has 0 amide bonds. The van der Waals surface area contributed by atoms with Gasteiger partial charge >= 0.3 is 0 Å². The van der Waals surface area contributed by atoms with Gasteiger partial charge in [0.05, 0.1) is 11.4 Å². The van der Waals surface area contributed by atoms with Crippen molar-refractivity contribution < 1.29 is 0 Å². The number of hydrogen-bond donors (Lipinski definition) is 0. The van der Waals surface area contributed by atoms with Gasteiger partial charge in [-0.05, 0) is 89.0 Å². The molecule has 0 saturated carbocycles. The molecule has 11 rings (SSSR count). The highest BCUT2D eigenvalue weighted by atomic mass is 14.9. The molecule has 2 nitrogen and oxygen atoms in total. The van der Waals surface area contributed by atoms with Crippen molar-refractivity contribution in [2.75, 3.05) is 0 Å². The number of fused-ring (bicyclic) bond motifs is 7.